The molecule has 1 aliphatic rings. The monoisotopic (exact) mass is 295 g/mol. The maximum absolute atomic E-state index is 6.06. The number of halogens is 1. The minimum absolute atomic E-state index is 0.0391. The summed E-state index contributed by atoms with van der Waals surface area (Å²) in [6.07, 6.45) is 2.27. The van der Waals surface area contributed by atoms with E-state index in [0.29, 0.717) is 0 Å². The van der Waals surface area contributed by atoms with Gasteiger partial charge < -0.3 is 10.6 Å². The highest BCUT2D eigenvalue weighted by molar-refractivity contribution is 6.30. The van der Waals surface area contributed by atoms with Gasteiger partial charge >= 0.3 is 0 Å². The van der Waals surface area contributed by atoms with Crippen LogP contribution in [0.5, 0.6) is 0 Å². The molecule has 0 amide bonds. The van der Waals surface area contributed by atoms with Crippen molar-refractivity contribution < 1.29 is 0 Å². The van der Waals surface area contributed by atoms with E-state index in [-0.39, 0.29) is 5.54 Å². The zero-order valence-electron chi connectivity index (χ0n) is 12.6. The smallest absolute Gasteiger partial charge is 0.0426 e. The molecular weight excluding hydrogens is 270 g/mol. The number of benzene rings is 1. The van der Waals surface area contributed by atoms with Crippen LogP contribution in [-0.2, 0) is 0 Å². The summed E-state index contributed by atoms with van der Waals surface area (Å²) in [5.74, 6) is 0. The van der Waals surface area contributed by atoms with Crippen LogP contribution >= 0.6 is 11.6 Å². The third-order valence-electron chi connectivity index (χ3n) is 3.84. The van der Waals surface area contributed by atoms with Gasteiger partial charge in [-0.1, -0.05) is 17.7 Å². The number of hydrogen-bond acceptors (Lipinski definition) is 3. The van der Waals surface area contributed by atoms with E-state index in [1.165, 1.54) is 12.1 Å². The van der Waals surface area contributed by atoms with Crippen molar-refractivity contribution in [1.29, 1.82) is 0 Å². The van der Waals surface area contributed by atoms with Gasteiger partial charge in [0.1, 0.15) is 0 Å². The van der Waals surface area contributed by atoms with Crippen molar-refractivity contribution in [3.8, 4) is 0 Å². The second-order valence-electron chi connectivity index (χ2n) is 6.40. The Labute approximate surface area is 127 Å². The Morgan fingerprint density at radius 2 is 1.90 bits per heavy atom. The van der Waals surface area contributed by atoms with Crippen molar-refractivity contribution in [1.82, 2.24) is 4.90 Å². The maximum atomic E-state index is 6.06. The van der Waals surface area contributed by atoms with Gasteiger partial charge in [0.15, 0.2) is 0 Å². The Balaban J connectivity index is 1.75. The minimum Gasteiger partial charge on any atom is -0.369 e. The summed E-state index contributed by atoms with van der Waals surface area (Å²) >= 11 is 6.06. The molecule has 112 valence electrons. The second-order valence-corrected chi connectivity index (χ2v) is 6.84. The quantitative estimate of drug-likeness (QED) is 0.906. The largest absolute Gasteiger partial charge is 0.369 e. The molecule has 0 radical (unpaired) electrons. The van der Waals surface area contributed by atoms with Crippen LogP contribution in [0.4, 0.5) is 5.69 Å². The first-order valence-corrected chi connectivity index (χ1v) is 7.84. The first-order valence-electron chi connectivity index (χ1n) is 7.46. The third-order valence-corrected chi connectivity index (χ3v) is 4.08. The zero-order valence-corrected chi connectivity index (χ0v) is 13.4. The molecule has 0 atom stereocenters. The van der Waals surface area contributed by atoms with E-state index in [4.69, 9.17) is 17.3 Å². The number of nitrogens with zero attached hydrogens (tertiary/aromatic N) is 2. The fraction of sp³-hybridized carbons (Fsp3) is 0.625. The predicted molar refractivity (Wildman–Crippen MR) is 87.6 cm³/mol. The summed E-state index contributed by atoms with van der Waals surface area (Å²) in [5, 5.41) is 0.815. The van der Waals surface area contributed by atoms with Crippen molar-refractivity contribution >= 4 is 17.3 Å². The molecule has 0 unspecified atom stereocenters. The SMILES string of the molecule is CC(C)(N)CCCN1CCN(c2cccc(Cl)c2)CC1. The van der Waals surface area contributed by atoms with Crippen molar-refractivity contribution in [3.63, 3.8) is 0 Å². The van der Waals surface area contributed by atoms with E-state index < -0.39 is 0 Å². The average Bonchev–Trinajstić information content (AvgIpc) is 2.38. The number of hydrogen-bond donors (Lipinski definition) is 1. The highest BCUT2D eigenvalue weighted by atomic mass is 35.5. The van der Waals surface area contributed by atoms with Gasteiger partial charge in [-0.3, -0.25) is 4.90 Å². The molecule has 1 fully saturated rings. The summed E-state index contributed by atoms with van der Waals surface area (Å²) in [6, 6.07) is 8.13. The number of rotatable bonds is 5. The van der Waals surface area contributed by atoms with Gasteiger partial charge in [-0.2, -0.15) is 0 Å². The standard InChI is InChI=1S/C16H26ClN3/c1-16(2,18)7-4-8-19-9-11-20(12-10-19)15-6-3-5-14(17)13-15/h3,5-6,13H,4,7-12,18H2,1-2H3. The highest BCUT2D eigenvalue weighted by Crippen LogP contribution is 2.21. The Bertz CT molecular complexity index is 420. The van der Waals surface area contributed by atoms with Crippen LogP contribution in [0.3, 0.4) is 0 Å². The lowest BCUT2D eigenvalue weighted by atomic mass is 10.00. The van der Waals surface area contributed by atoms with Crippen molar-refractivity contribution in [2.75, 3.05) is 37.6 Å². The fourth-order valence-corrected chi connectivity index (χ4v) is 2.85. The molecule has 2 N–H and O–H groups in total. The molecular formula is C16H26ClN3. The Morgan fingerprint density at radius 3 is 2.50 bits per heavy atom. The van der Waals surface area contributed by atoms with Gasteiger partial charge in [-0.25, -0.2) is 0 Å². The van der Waals surface area contributed by atoms with Gasteiger partial charge in [0.25, 0.3) is 0 Å². The topological polar surface area (TPSA) is 32.5 Å². The summed E-state index contributed by atoms with van der Waals surface area (Å²) in [5.41, 5.74) is 7.22. The lowest BCUT2D eigenvalue weighted by molar-refractivity contribution is 0.245. The number of anilines is 1. The van der Waals surface area contributed by atoms with E-state index in [2.05, 4.69) is 29.7 Å². The molecule has 2 rings (SSSR count). The predicted octanol–water partition coefficient (Wildman–Crippen LogP) is 2.98. The van der Waals surface area contributed by atoms with Gasteiger partial charge in [0.2, 0.25) is 0 Å². The van der Waals surface area contributed by atoms with Gasteiger partial charge in [0, 0.05) is 42.4 Å². The van der Waals surface area contributed by atoms with E-state index in [1.54, 1.807) is 0 Å². The van der Waals surface area contributed by atoms with Crippen LogP contribution in [0.25, 0.3) is 0 Å². The molecule has 0 bridgehead atoms. The van der Waals surface area contributed by atoms with Crippen LogP contribution in [-0.4, -0.2) is 43.2 Å². The zero-order chi connectivity index (χ0) is 14.6. The molecule has 4 heteroatoms. The van der Waals surface area contributed by atoms with Gasteiger partial charge in [-0.15, -0.1) is 0 Å². The van der Waals surface area contributed by atoms with E-state index >= 15 is 0 Å². The molecule has 1 saturated heterocycles. The molecule has 0 spiro atoms. The van der Waals surface area contributed by atoms with Crippen LogP contribution in [0.2, 0.25) is 5.02 Å². The summed E-state index contributed by atoms with van der Waals surface area (Å²) < 4.78 is 0. The van der Waals surface area contributed by atoms with Crippen molar-refractivity contribution in [2.45, 2.75) is 32.2 Å². The third kappa shape index (κ3) is 4.97. The molecule has 1 aromatic carbocycles. The molecule has 20 heavy (non-hydrogen) atoms. The number of piperazine rings is 1. The number of nitrogens with two attached hydrogens (primary N) is 1. The minimum atomic E-state index is -0.0391. The van der Waals surface area contributed by atoms with Crippen LogP contribution in [0.15, 0.2) is 24.3 Å². The first-order chi connectivity index (χ1) is 9.44. The normalized spacial score (nSPS) is 17.5. The Hall–Kier alpha value is -0.770. The van der Waals surface area contributed by atoms with Gasteiger partial charge in [-0.05, 0) is 51.4 Å². The van der Waals surface area contributed by atoms with Crippen LogP contribution in [0.1, 0.15) is 26.7 Å². The summed E-state index contributed by atoms with van der Waals surface area (Å²) in [6.45, 7) is 9.76. The van der Waals surface area contributed by atoms with Crippen molar-refractivity contribution in [3.05, 3.63) is 29.3 Å². The summed E-state index contributed by atoms with van der Waals surface area (Å²) in [4.78, 5) is 4.95. The molecule has 1 aromatic rings. The van der Waals surface area contributed by atoms with E-state index in [0.717, 1.165) is 44.2 Å². The molecule has 0 saturated carbocycles. The van der Waals surface area contributed by atoms with Crippen LogP contribution in [0, 0.1) is 0 Å². The molecule has 0 aromatic heterocycles. The molecule has 1 aliphatic heterocycles. The average molecular weight is 296 g/mol. The highest BCUT2D eigenvalue weighted by Gasteiger charge is 2.18. The summed E-state index contributed by atoms with van der Waals surface area (Å²) in [7, 11) is 0. The van der Waals surface area contributed by atoms with Crippen LogP contribution < -0.4 is 10.6 Å². The van der Waals surface area contributed by atoms with Crippen molar-refractivity contribution in [2.24, 2.45) is 5.73 Å². The molecule has 1 heterocycles. The van der Waals surface area contributed by atoms with E-state index in [1.807, 2.05) is 18.2 Å². The second kappa shape index (κ2) is 6.79. The van der Waals surface area contributed by atoms with Gasteiger partial charge in [0.05, 0.1) is 0 Å². The molecule has 0 aliphatic carbocycles. The maximum Gasteiger partial charge on any atom is 0.0426 e. The lowest BCUT2D eigenvalue weighted by Gasteiger charge is -2.36. The Morgan fingerprint density at radius 1 is 1.20 bits per heavy atom. The molecule has 3 nitrogen and oxygen atoms in total. The fourth-order valence-electron chi connectivity index (χ4n) is 2.66. The first kappa shape index (κ1) is 15.6. The Kier molecular flexibility index (Phi) is 5.30. The van der Waals surface area contributed by atoms with E-state index in [9.17, 15) is 0 Å². The lowest BCUT2D eigenvalue weighted by Crippen LogP contribution is -2.47.